The summed E-state index contributed by atoms with van der Waals surface area (Å²) in [5.74, 6) is 0.463. The molecule has 0 unspecified atom stereocenters. The highest BCUT2D eigenvalue weighted by atomic mass is 14.8. The average Bonchev–Trinajstić information content (AvgIpc) is 1.65. The maximum Gasteiger partial charge on any atom is 0.120 e. The molecule has 0 radical (unpaired) electrons. The zero-order valence-electron chi connectivity index (χ0n) is 5.65. The fraction of sp³-hybridized carbons (Fsp3) is 0.667. The fourth-order valence-corrected chi connectivity index (χ4v) is 0.349. The highest BCUT2D eigenvalue weighted by Gasteiger charge is 1.84. The number of nitrogens with zero attached hydrogens (tertiary/aromatic N) is 1. The second-order valence-electron chi connectivity index (χ2n) is 1.86. The van der Waals surface area contributed by atoms with Gasteiger partial charge in [-0.1, -0.05) is 6.92 Å². The number of rotatable bonds is 1. The predicted octanol–water partition coefficient (Wildman–Crippen LogP) is 1.85. The van der Waals surface area contributed by atoms with Gasteiger partial charge in [-0.05, 0) is 13.8 Å². The van der Waals surface area contributed by atoms with Gasteiger partial charge in [0, 0.05) is 12.1 Å². The van der Waals surface area contributed by atoms with Gasteiger partial charge in [-0.2, -0.15) is 0 Å². The van der Waals surface area contributed by atoms with Gasteiger partial charge in [-0.15, -0.1) is 0 Å². The number of hydrogen-bond acceptors (Lipinski definition) is 1. The van der Waals surface area contributed by atoms with E-state index in [1.165, 1.54) is 0 Å². The van der Waals surface area contributed by atoms with Crippen molar-refractivity contribution in [3.63, 3.8) is 0 Å². The molecule has 0 amide bonds. The summed E-state index contributed by atoms with van der Waals surface area (Å²) in [6, 6.07) is 0. The van der Waals surface area contributed by atoms with E-state index in [0.29, 0.717) is 5.84 Å². The Balaban J connectivity index is 3.70. The summed E-state index contributed by atoms with van der Waals surface area (Å²) < 4.78 is 0. The highest BCUT2D eigenvalue weighted by Crippen LogP contribution is 1.83. The molecule has 0 aliphatic heterocycles. The minimum Gasteiger partial charge on any atom is -0.287 e. The van der Waals surface area contributed by atoms with Crippen molar-refractivity contribution in [3.05, 3.63) is 0 Å². The summed E-state index contributed by atoms with van der Waals surface area (Å²) in [6.45, 7) is 5.71. The van der Waals surface area contributed by atoms with E-state index >= 15 is 0 Å². The number of nitrogens with one attached hydrogen (secondary N) is 1. The molecule has 46 valence electrons. The Bertz CT molecular complexity index is 110. The first-order valence-corrected chi connectivity index (χ1v) is 2.76. The maximum atomic E-state index is 7.08. The van der Waals surface area contributed by atoms with Crippen LogP contribution in [0.5, 0.6) is 0 Å². The van der Waals surface area contributed by atoms with Crippen LogP contribution in [0.3, 0.4) is 0 Å². The van der Waals surface area contributed by atoms with Gasteiger partial charge < -0.3 is 0 Å². The molecule has 0 aromatic carbocycles. The number of amidine groups is 1. The molecular weight excluding hydrogens is 100 g/mol. The standard InChI is InChI=1S/C6H12N2/c1-4-6(7)8-5(2)3/h7H,4H2,1-3H3. The van der Waals surface area contributed by atoms with Crippen LogP contribution in [0.4, 0.5) is 0 Å². The molecule has 0 rings (SSSR count). The van der Waals surface area contributed by atoms with Crippen LogP contribution >= 0.6 is 0 Å². The summed E-state index contributed by atoms with van der Waals surface area (Å²) >= 11 is 0. The molecule has 0 saturated carbocycles. The van der Waals surface area contributed by atoms with Crippen molar-refractivity contribution in [2.24, 2.45) is 4.99 Å². The van der Waals surface area contributed by atoms with E-state index < -0.39 is 0 Å². The Labute approximate surface area is 50.1 Å². The first kappa shape index (κ1) is 7.34. The van der Waals surface area contributed by atoms with Crippen LogP contribution in [-0.2, 0) is 0 Å². The van der Waals surface area contributed by atoms with Crippen molar-refractivity contribution in [2.45, 2.75) is 27.2 Å². The van der Waals surface area contributed by atoms with E-state index in [1.807, 2.05) is 20.8 Å². The molecule has 0 aromatic heterocycles. The van der Waals surface area contributed by atoms with Gasteiger partial charge in [0.15, 0.2) is 0 Å². The monoisotopic (exact) mass is 112 g/mol. The summed E-state index contributed by atoms with van der Waals surface area (Å²) in [6.07, 6.45) is 0.727. The largest absolute Gasteiger partial charge is 0.287 e. The molecule has 0 aliphatic carbocycles. The second kappa shape index (κ2) is 3.36. The van der Waals surface area contributed by atoms with E-state index in [2.05, 4.69) is 4.99 Å². The van der Waals surface area contributed by atoms with Gasteiger partial charge in [-0.3, -0.25) is 5.41 Å². The van der Waals surface area contributed by atoms with Crippen molar-refractivity contribution < 1.29 is 0 Å². The highest BCUT2D eigenvalue weighted by molar-refractivity contribution is 5.94. The minimum atomic E-state index is 0.463. The SMILES string of the molecule is CCC(=N)N=C(C)C. The number of hydrogen-bond donors (Lipinski definition) is 1. The van der Waals surface area contributed by atoms with Crippen molar-refractivity contribution in [2.75, 3.05) is 0 Å². The summed E-state index contributed by atoms with van der Waals surface area (Å²) in [5.41, 5.74) is 0.955. The van der Waals surface area contributed by atoms with Crippen LogP contribution in [0.2, 0.25) is 0 Å². The molecule has 0 heterocycles. The van der Waals surface area contributed by atoms with Crippen LogP contribution in [0.1, 0.15) is 27.2 Å². The first-order valence-electron chi connectivity index (χ1n) is 2.76. The maximum absolute atomic E-state index is 7.08. The summed E-state index contributed by atoms with van der Waals surface area (Å²) in [7, 11) is 0. The molecule has 0 atom stereocenters. The quantitative estimate of drug-likeness (QED) is 0.397. The van der Waals surface area contributed by atoms with Crippen molar-refractivity contribution in [1.29, 1.82) is 5.41 Å². The molecule has 0 aliphatic rings. The normalized spacial score (nSPS) is 8.38. The van der Waals surface area contributed by atoms with Gasteiger partial charge in [-0.25, -0.2) is 4.99 Å². The first-order chi connectivity index (χ1) is 3.66. The van der Waals surface area contributed by atoms with E-state index in [-0.39, 0.29) is 0 Å². The lowest BCUT2D eigenvalue weighted by molar-refractivity contribution is 1.21. The van der Waals surface area contributed by atoms with Gasteiger partial charge in [0.2, 0.25) is 0 Å². The van der Waals surface area contributed by atoms with Gasteiger partial charge in [0.05, 0.1) is 0 Å². The van der Waals surface area contributed by atoms with Crippen LogP contribution < -0.4 is 0 Å². The van der Waals surface area contributed by atoms with E-state index in [0.717, 1.165) is 12.1 Å². The lowest BCUT2D eigenvalue weighted by atomic mass is 10.4. The van der Waals surface area contributed by atoms with Crippen molar-refractivity contribution in [3.8, 4) is 0 Å². The Morgan fingerprint density at radius 1 is 1.50 bits per heavy atom. The summed E-state index contributed by atoms with van der Waals surface area (Å²) in [4.78, 5) is 3.90. The van der Waals surface area contributed by atoms with Crippen LogP contribution in [0.25, 0.3) is 0 Å². The Kier molecular flexibility index (Phi) is 3.08. The van der Waals surface area contributed by atoms with Crippen molar-refractivity contribution in [1.82, 2.24) is 0 Å². The fourth-order valence-electron chi connectivity index (χ4n) is 0.349. The molecule has 2 heteroatoms. The molecule has 0 bridgehead atoms. The molecule has 1 N–H and O–H groups in total. The van der Waals surface area contributed by atoms with Crippen LogP contribution in [-0.4, -0.2) is 11.5 Å². The van der Waals surface area contributed by atoms with Gasteiger partial charge in [0.1, 0.15) is 5.84 Å². The van der Waals surface area contributed by atoms with Gasteiger partial charge in [0.25, 0.3) is 0 Å². The average molecular weight is 112 g/mol. The lowest BCUT2D eigenvalue weighted by Gasteiger charge is -1.89. The van der Waals surface area contributed by atoms with E-state index in [1.54, 1.807) is 0 Å². The Hall–Kier alpha value is -0.660. The molecule has 0 saturated heterocycles. The van der Waals surface area contributed by atoms with E-state index in [9.17, 15) is 0 Å². The zero-order valence-corrected chi connectivity index (χ0v) is 5.65. The second-order valence-corrected chi connectivity index (χ2v) is 1.86. The van der Waals surface area contributed by atoms with Crippen LogP contribution in [0, 0.1) is 5.41 Å². The third-order valence-corrected chi connectivity index (χ3v) is 0.693. The minimum absolute atomic E-state index is 0.463. The molecule has 8 heavy (non-hydrogen) atoms. The van der Waals surface area contributed by atoms with Gasteiger partial charge >= 0.3 is 0 Å². The smallest absolute Gasteiger partial charge is 0.120 e. The molecular formula is C6H12N2. The van der Waals surface area contributed by atoms with Crippen LogP contribution in [0.15, 0.2) is 4.99 Å². The molecule has 0 spiro atoms. The third-order valence-electron chi connectivity index (χ3n) is 0.693. The van der Waals surface area contributed by atoms with E-state index in [4.69, 9.17) is 5.41 Å². The number of aliphatic imine (C=N–C) groups is 1. The molecule has 0 aromatic rings. The van der Waals surface area contributed by atoms with Crippen molar-refractivity contribution >= 4 is 11.5 Å². The third kappa shape index (κ3) is 3.53. The molecule has 2 nitrogen and oxygen atoms in total. The lowest BCUT2D eigenvalue weighted by Crippen LogP contribution is -1.91. The topological polar surface area (TPSA) is 36.2 Å². The summed E-state index contributed by atoms with van der Waals surface area (Å²) in [5, 5.41) is 7.08. The predicted molar refractivity (Wildman–Crippen MR) is 36.8 cm³/mol. The zero-order chi connectivity index (χ0) is 6.57. The Morgan fingerprint density at radius 2 is 2.00 bits per heavy atom. The Morgan fingerprint density at radius 3 is 2.12 bits per heavy atom. The molecule has 0 fully saturated rings.